The third kappa shape index (κ3) is 5.51. The number of H-pyrrole nitrogens is 1. The third-order valence-electron chi connectivity index (χ3n) is 7.74. The lowest BCUT2D eigenvalue weighted by atomic mass is 9.98. The van der Waals surface area contributed by atoms with Crippen LogP contribution in [0.1, 0.15) is 40.7 Å². The smallest absolute Gasteiger partial charge is 0.254 e. The molecular weight excluding hydrogens is 535 g/mol. The number of allylic oxidation sites excluding steroid dienone is 3. The van der Waals surface area contributed by atoms with Gasteiger partial charge in [-0.05, 0) is 48.7 Å². The van der Waals surface area contributed by atoms with Crippen molar-refractivity contribution in [1.82, 2.24) is 25.1 Å². The van der Waals surface area contributed by atoms with Gasteiger partial charge in [0.25, 0.3) is 5.91 Å². The lowest BCUT2D eigenvalue weighted by molar-refractivity contribution is -0.113. The number of aromatic nitrogens is 2. The predicted molar refractivity (Wildman–Crippen MR) is 146 cm³/mol. The van der Waals surface area contributed by atoms with Crippen LogP contribution in [0.15, 0.2) is 42.1 Å². The molecule has 3 aliphatic rings. The molecule has 3 aromatic rings. The van der Waals surface area contributed by atoms with E-state index in [1.54, 1.807) is 25.1 Å². The number of morpholine rings is 1. The summed E-state index contributed by atoms with van der Waals surface area (Å²) in [5, 5.41) is 3.18. The summed E-state index contributed by atoms with van der Waals surface area (Å²) < 4.78 is 47.0. The van der Waals surface area contributed by atoms with E-state index in [0.29, 0.717) is 66.1 Å². The van der Waals surface area contributed by atoms with Crippen molar-refractivity contribution >= 4 is 28.3 Å². The lowest BCUT2D eigenvalue weighted by Crippen LogP contribution is -2.41. The zero-order valence-electron chi connectivity index (χ0n) is 22.6. The first kappa shape index (κ1) is 27.2. The van der Waals surface area contributed by atoms with Crippen LogP contribution in [-0.2, 0) is 22.5 Å². The number of imidazole rings is 1. The van der Waals surface area contributed by atoms with Crippen molar-refractivity contribution in [3.63, 3.8) is 0 Å². The summed E-state index contributed by atoms with van der Waals surface area (Å²) >= 11 is 0. The maximum absolute atomic E-state index is 14.2. The van der Waals surface area contributed by atoms with E-state index in [-0.39, 0.29) is 30.1 Å². The van der Waals surface area contributed by atoms with Gasteiger partial charge in [-0.15, -0.1) is 0 Å². The number of nitrogens with zero attached hydrogens (tertiary/aromatic N) is 3. The van der Waals surface area contributed by atoms with Crippen LogP contribution in [-0.4, -0.2) is 76.9 Å². The monoisotopic (exact) mass is 565 g/mol. The highest BCUT2D eigenvalue weighted by molar-refractivity contribution is 6.22. The number of rotatable bonds is 8. The number of ether oxygens (including phenoxy) is 1. The molecule has 1 atom stereocenters. The molecule has 1 aliphatic carbocycles. The molecule has 3 heterocycles. The molecule has 2 N–H and O–H groups in total. The lowest BCUT2D eigenvalue weighted by Gasteiger charge is -2.28. The molecule has 0 radical (unpaired) electrons. The topological polar surface area (TPSA) is 90.6 Å². The molecule has 8 nitrogen and oxygen atoms in total. The highest BCUT2D eigenvalue weighted by Crippen LogP contribution is 2.30. The van der Waals surface area contributed by atoms with Crippen LogP contribution in [0.4, 0.5) is 13.2 Å². The van der Waals surface area contributed by atoms with Gasteiger partial charge in [0.1, 0.15) is 11.6 Å². The Kier molecular flexibility index (Phi) is 7.39. The molecular formula is C30H30F3N5O3. The van der Waals surface area contributed by atoms with E-state index in [1.165, 1.54) is 0 Å². The van der Waals surface area contributed by atoms with Crippen molar-refractivity contribution in [1.29, 1.82) is 0 Å². The van der Waals surface area contributed by atoms with E-state index >= 15 is 0 Å². The average Bonchev–Trinajstić information content (AvgIpc) is 3.49. The normalized spacial score (nSPS) is 18.5. The minimum atomic E-state index is -1.24. The number of hydrogen-bond donors (Lipinski definition) is 2. The summed E-state index contributed by atoms with van der Waals surface area (Å²) in [5.41, 5.74) is 3.50. The molecule has 1 amide bonds. The fourth-order valence-electron chi connectivity index (χ4n) is 5.67. The van der Waals surface area contributed by atoms with Crippen LogP contribution >= 0.6 is 0 Å². The summed E-state index contributed by atoms with van der Waals surface area (Å²) in [4.78, 5) is 38.2. The molecule has 0 saturated carbocycles. The van der Waals surface area contributed by atoms with Gasteiger partial charge in [-0.3, -0.25) is 14.5 Å². The van der Waals surface area contributed by atoms with E-state index in [0.717, 1.165) is 31.3 Å². The summed E-state index contributed by atoms with van der Waals surface area (Å²) in [7, 11) is 0. The number of fused-ring (bicyclic) bond motifs is 2. The number of carbonyl (C=O) groups excluding carboxylic acids is 2. The first-order valence-corrected chi connectivity index (χ1v) is 13.7. The molecule has 2 aromatic carbocycles. The van der Waals surface area contributed by atoms with Gasteiger partial charge in [-0.1, -0.05) is 6.08 Å². The number of amides is 1. The Labute approximate surface area is 234 Å². The van der Waals surface area contributed by atoms with E-state index in [4.69, 9.17) is 4.74 Å². The van der Waals surface area contributed by atoms with E-state index in [1.807, 2.05) is 11.0 Å². The largest absolute Gasteiger partial charge is 0.382 e. The van der Waals surface area contributed by atoms with Gasteiger partial charge in [0.15, 0.2) is 17.4 Å². The molecule has 11 heteroatoms. The van der Waals surface area contributed by atoms with Crippen LogP contribution in [0.25, 0.3) is 16.6 Å². The van der Waals surface area contributed by atoms with Crippen LogP contribution < -0.4 is 5.32 Å². The molecule has 0 spiro atoms. The van der Waals surface area contributed by atoms with Crippen molar-refractivity contribution in [2.24, 2.45) is 0 Å². The van der Waals surface area contributed by atoms with Crippen molar-refractivity contribution < 1.29 is 27.5 Å². The highest BCUT2D eigenvalue weighted by atomic mass is 19.2. The second kappa shape index (κ2) is 11.1. The van der Waals surface area contributed by atoms with E-state index < -0.39 is 23.5 Å². The fourth-order valence-corrected chi connectivity index (χ4v) is 5.67. The summed E-state index contributed by atoms with van der Waals surface area (Å²) in [5.74, 6) is -3.04. The first-order chi connectivity index (χ1) is 19.8. The SMILES string of the molecule is C[C@@H](Cc1cc(F)cc(F)c1F)NC1=C(c2nc3cc4c(cc3[nH]2)CN(CCN2CCOCC2)C4=O)C(=O)CC=C1. The molecule has 1 aromatic heterocycles. The number of nitrogens with one attached hydrogen (secondary N) is 2. The maximum Gasteiger partial charge on any atom is 0.254 e. The average molecular weight is 566 g/mol. The van der Waals surface area contributed by atoms with Gasteiger partial charge in [0.2, 0.25) is 0 Å². The second-order valence-electron chi connectivity index (χ2n) is 10.7. The molecule has 0 unspecified atom stereocenters. The number of carbonyl (C=O) groups is 2. The summed E-state index contributed by atoms with van der Waals surface area (Å²) in [6, 6.07) is 4.70. The molecule has 1 fully saturated rings. The number of aromatic amines is 1. The van der Waals surface area contributed by atoms with Gasteiger partial charge in [0, 0.05) is 62.5 Å². The predicted octanol–water partition coefficient (Wildman–Crippen LogP) is 3.73. The Morgan fingerprint density at radius 2 is 1.90 bits per heavy atom. The number of halogens is 3. The molecule has 214 valence electrons. The quantitative estimate of drug-likeness (QED) is 0.405. The van der Waals surface area contributed by atoms with Gasteiger partial charge < -0.3 is 19.9 Å². The minimum Gasteiger partial charge on any atom is -0.382 e. The Bertz CT molecular complexity index is 1590. The van der Waals surface area contributed by atoms with Crippen molar-refractivity contribution in [2.45, 2.75) is 32.4 Å². The van der Waals surface area contributed by atoms with E-state index in [2.05, 4.69) is 20.2 Å². The summed E-state index contributed by atoms with van der Waals surface area (Å²) in [6.07, 6.45) is 3.64. The Hall–Kier alpha value is -3.96. The molecule has 41 heavy (non-hydrogen) atoms. The number of hydrogen-bond acceptors (Lipinski definition) is 6. The first-order valence-electron chi connectivity index (χ1n) is 13.7. The van der Waals surface area contributed by atoms with Crippen LogP contribution in [0, 0.1) is 17.5 Å². The van der Waals surface area contributed by atoms with Gasteiger partial charge in [-0.25, -0.2) is 18.2 Å². The van der Waals surface area contributed by atoms with Crippen molar-refractivity contribution in [2.75, 3.05) is 39.4 Å². The van der Waals surface area contributed by atoms with Gasteiger partial charge in [-0.2, -0.15) is 0 Å². The number of Topliss-reactive ketones (excluding diaryl/α,β-unsaturated/α-hetero) is 1. The van der Waals surface area contributed by atoms with Gasteiger partial charge in [0.05, 0.1) is 29.8 Å². The number of ketones is 1. The Morgan fingerprint density at radius 3 is 2.71 bits per heavy atom. The summed E-state index contributed by atoms with van der Waals surface area (Å²) in [6.45, 7) is 6.82. The standard InChI is InChI=1S/C30H30F3N5O3/c1-17(11-18-12-20(31)14-22(32)28(18)33)34-23-3-2-4-26(39)27(23)29-35-24-13-19-16-38(6-5-37-7-9-41-10-8-37)30(40)21(19)15-25(24)36-29/h2-3,12-15,17,34H,4-11,16H2,1H3,(H,35,36)/t17-/m0/s1. The van der Waals surface area contributed by atoms with Gasteiger partial charge >= 0.3 is 0 Å². The van der Waals surface area contributed by atoms with Crippen LogP contribution in [0.3, 0.4) is 0 Å². The Morgan fingerprint density at radius 1 is 1.10 bits per heavy atom. The number of benzene rings is 2. The molecule has 6 rings (SSSR count). The highest BCUT2D eigenvalue weighted by Gasteiger charge is 2.30. The zero-order chi connectivity index (χ0) is 28.7. The van der Waals surface area contributed by atoms with E-state index in [9.17, 15) is 22.8 Å². The third-order valence-corrected chi connectivity index (χ3v) is 7.74. The van der Waals surface area contributed by atoms with Crippen molar-refractivity contribution in [3.05, 3.63) is 82.1 Å². The second-order valence-corrected chi connectivity index (χ2v) is 10.7. The van der Waals surface area contributed by atoms with Crippen LogP contribution in [0.5, 0.6) is 0 Å². The van der Waals surface area contributed by atoms with Crippen LogP contribution in [0.2, 0.25) is 0 Å². The fraction of sp³-hybridized carbons (Fsp3) is 0.367. The minimum absolute atomic E-state index is 0.00365. The van der Waals surface area contributed by atoms with Crippen molar-refractivity contribution in [3.8, 4) is 0 Å². The zero-order valence-corrected chi connectivity index (χ0v) is 22.6. The molecule has 2 aliphatic heterocycles. The molecule has 0 bridgehead atoms. The Balaban J connectivity index is 1.22. The molecule has 1 saturated heterocycles. The maximum atomic E-state index is 14.2.